The van der Waals surface area contributed by atoms with Gasteiger partial charge >= 0.3 is 0 Å². The van der Waals surface area contributed by atoms with Crippen molar-refractivity contribution in [2.75, 3.05) is 12.9 Å². The van der Waals surface area contributed by atoms with Gasteiger partial charge in [-0.2, -0.15) is 0 Å². The van der Waals surface area contributed by atoms with Crippen LogP contribution in [0.2, 0.25) is 0 Å². The molecule has 1 aliphatic rings. The maximum Gasteiger partial charge on any atom is 0.230 e. The van der Waals surface area contributed by atoms with Crippen molar-refractivity contribution in [1.82, 2.24) is 20.1 Å². The molecule has 1 N–H and O–H groups in total. The Bertz CT molecular complexity index is 775. The molecule has 0 atom stereocenters. The van der Waals surface area contributed by atoms with Crippen molar-refractivity contribution >= 4 is 17.7 Å². The van der Waals surface area contributed by atoms with E-state index in [1.807, 2.05) is 35.8 Å². The van der Waals surface area contributed by atoms with Gasteiger partial charge < -0.3 is 19.4 Å². The third-order valence-electron chi connectivity index (χ3n) is 4.84. The molecule has 0 aliphatic heterocycles. The molecule has 1 fully saturated rings. The summed E-state index contributed by atoms with van der Waals surface area (Å²) in [5, 5.41) is 12.4. The first kappa shape index (κ1) is 20.5. The van der Waals surface area contributed by atoms with Crippen LogP contribution in [-0.2, 0) is 17.9 Å². The number of hydrogen-bond acceptors (Lipinski definition) is 6. The lowest BCUT2D eigenvalue weighted by Gasteiger charge is -2.22. The minimum atomic E-state index is 0.0642. The Morgan fingerprint density at radius 1 is 1.21 bits per heavy atom. The second-order valence-corrected chi connectivity index (χ2v) is 7.72. The monoisotopic (exact) mass is 404 g/mol. The summed E-state index contributed by atoms with van der Waals surface area (Å²) in [7, 11) is 1.61. The summed E-state index contributed by atoms with van der Waals surface area (Å²) in [6.45, 7) is 3.03. The number of hydrogen-bond donors (Lipinski definition) is 1. The highest BCUT2D eigenvalue weighted by molar-refractivity contribution is 7.99. The molecule has 1 aromatic carbocycles. The van der Waals surface area contributed by atoms with E-state index in [2.05, 4.69) is 15.5 Å². The van der Waals surface area contributed by atoms with Gasteiger partial charge in [-0.25, -0.2) is 0 Å². The van der Waals surface area contributed by atoms with E-state index in [1.165, 1.54) is 31.0 Å². The number of methoxy groups -OCH3 is 1. The smallest absolute Gasteiger partial charge is 0.230 e. The van der Waals surface area contributed by atoms with Gasteiger partial charge in [0.1, 0.15) is 6.61 Å². The largest absolute Gasteiger partial charge is 0.493 e. The van der Waals surface area contributed by atoms with Crippen molar-refractivity contribution in [3.8, 4) is 11.5 Å². The van der Waals surface area contributed by atoms with Crippen LogP contribution in [0.3, 0.4) is 0 Å². The summed E-state index contributed by atoms with van der Waals surface area (Å²) < 4.78 is 13.1. The highest BCUT2D eigenvalue weighted by atomic mass is 32.2. The number of benzene rings is 1. The minimum absolute atomic E-state index is 0.0642. The van der Waals surface area contributed by atoms with Crippen LogP contribution in [0.1, 0.15) is 44.9 Å². The average molecular weight is 405 g/mol. The fourth-order valence-corrected chi connectivity index (χ4v) is 4.21. The number of aromatic nitrogens is 3. The third-order valence-corrected chi connectivity index (χ3v) is 5.80. The number of thioether (sulfide) groups is 1. The van der Waals surface area contributed by atoms with Gasteiger partial charge in [-0.3, -0.25) is 4.79 Å². The zero-order valence-electron chi connectivity index (χ0n) is 16.5. The maximum absolute atomic E-state index is 12.2. The molecule has 152 valence electrons. The Balaban J connectivity index is 1.54. The molecular weight excluding hydrogens is 376 g/mol. The van der Waals surface area contributed by atoms with E-state index < -0.39 is 0 Å². The van der Waals surface area contributed by atoms with Crippen molar-refractivity contribution in [3.05, 3.63) is 30.1 Å². The standard InChI is InChI=1S/C20H28N4O3S/c1-3-24-18(13-27-17-12-8-7-11-16(17)26-2)22-23-20(24)28-14-19(25)21-15-9-5-4-6-10-15/h7-8,11-12,15H,3-6,9-10,13-14H2,1-2H3,(H,21,25). The molecule has 0 bridgehead atoms. The van der Waals surface area contributed by atoms with E-state index in [1.54, 1.807) is 7.11 Å². The topological polar surface area (TPSA) is 78.3 Å². The average Bonchev–Trinajstić information content (AvgIpc) is 3.13. The van der Waals surface area contributed by atoms with Crippen molar-refractivity contribution in [2.24, 2.45) is 0 Å². The number of carbonyl (C=O) groups is 1. The molecule has 1 heterocycles. The van der Waals surface area contributed by atoms with Gasteiger partial charge in [0, 0.05) is 12.6 Å². The van der Waals surface area contributed by atoms with Crippen molar-refractivity contribution in [1.29, 1.82) is 0 Å². The third kappa shape index (κ3) is 5.41. The van der Waals surface area contributed by atoms with Gasteiger partial charge in [0.2, 0.25) is 5.91 Å². The highest BCUT2D eigenvalue weighted by Gasteiger charge is 2.18. The van der Waals surface area contributed by atoms with Gasteiger partial charge in [0.25, 0.3) is 0 Å². The first-order valence-electron chi connectivity index (χ1n) is 9.81. The van der Waals surface area contributed by atoms with Gasteiger partial charge in [-0.15, -0.1) is 10.2 Å². The SMILES string of the molecule is CCn1c(COc2ccccc2OC)nnc1SCC(=O)NC1CCCCC1. The Labute approximate surface area is 170 Å². The van der Waals surface area contributed by atoms with Crippen molar-refractivity contribution < 1.29 is 14.3 Å². The van der Waals surface area contributed by atoms with E-state index >= 15 is 0 Å². The van der Waals surface area contributed by atoms with Crippen LogP contribution in [0.25, 0.3) is 0 Å². The van der Waals surface area contributed by atoms with Gasteiger partial charge in [-0.05, 0) is 31.9 Å². The molecule has 7 nitrogen and oxygen atoms in total. The fraction of sp³-hybridized carbons (Fsp3) is 0.550. The second-order valence-electron chi connectivity index (χ2n) is 6.77. The van der Waals surface area contributed by atoms with E-state index in [4.69, 9.17) is 9.47 Å². The summed E-state index contributed by atoms with van der Waals surface area (Å²) in [6.07, 6.45) is 5.87. The minimum Gasteiger partial charge on any atom is -0.493 e. The Morgan fingerprint density at radius 2 is 1.96 bits per heavy atom. The van der Waals surface area contributed by atoms with Crippen LogP contribution in [0.5, 0.6) is 11.5 Å². The number of amides is 1. The second kappa shape index (κ2) is 10.4. The number of nitrogens with one attached hydrogen (secondary N) is 1. The van der Waals surface area contributed by atoms with E-state index in [0.717, 1.165) is 23.8 Å². The van der Waals surface area contributed by atoms with Crippen LogP contribution < -0.4 is 14.8 Å². The van der Waals surface area contributed by atoms with Crippen LogP contribution in [0, 0.1) is 0 Å². The molecule has 0 radical (unpaired) electrons. The predicted molar refractivity (Wildman–Crippen MR) is 109 cm³/mol. The molecule has 1 saturated carbocycles. The molecule has 28 heavy (non-hydrogen) atoms. The first-order valence-corrected chi connectivity index (χ1v) is 10.8. The molecule has 1 amide bonds. The number of carbonyl (C=O) groups excluding carboxylic acids is 1. The normalized spacial score (nSPS) is 14.6. The number of ether oxygens (including phenoxy) is 2. The Morgan fingerprint density at radius 3 is 2.68 bits per heavy atom. The number of para-hydroxylation sites is 2. The molecule has 8 heteroatoms. The molecule has 1 aliphatic carbocycles. The number of rotatable bonds is 9. The summed E-state index contributed by atoms with van der Waals surface area (Å²) in [5.74, 6) is 2.48. The molecule has 1 aromatic heterocycles. The van der Waals surface area contributed by atoms with Crippen LogP contribution >= 0.6 is 11.8 Å². The lowest BCUT2D eigenvalue weighted by Crippen LogP contribution is -2.37. The van der Waals surface area contributed by atoms with Crippen molar-refractivity contribution in [3.63, 3.8) is 0 Å². The van der Waals surface area contributed by atoms with E-state index in [9.17, 15) is 4.79 Å². The zero-order chi connectivity index (χ0) is 19.8. The highest BCUT2D eigenvalue weighted by Crippen LogP contribution is 2.27. The first-order chi connectivity index (χ1) is 13.7. The molecule has 0 spiro atoms. The quantitative estimate of drug-likeness (QED) is 0.645. The maximum atomic E-state index is 12.2. The lowest BCUT2D eigenvalue weighted by molar-refractivity contribution is -0.119. The Hall–Kier alpha value is -2.22. The molecule has 0 saturated heterocycles. The van der Waals surface area contributed by atoms with Crippen LogP contribution in [0.15, 0.2) is 29.4 Å². The predicted octanol–water partition coefficient (Wildman–Crippen LogP) is 3.43. The van der Waals surface area contributed by atoms with Gasteiger partial charge in [-0.1, -0.05) is 43.2 Å². The summed E-state index contributed by atoms with van der Waals surface area (Å²) in [6, 6.07) is 7.83. The van der Waals surface area contributed by atoms with Crippen molar-refractivity contribution in [2.45, 2.75) is 63.4 Å². The molecule has 2 aromatic rings. The molecule has 3 rings (SSSR count). The zero-order valence-corrected chi connectivity index (χ0v) is 17.3. The Kier molecular flexibility index (Phi) is 7.59. The lowest BCUT2D eigenvalue weighted by atomic mass is 9.95. The summed E-state index contributed by atoms with van der Waals surface area (Å²) in [5.41, 5.74) is 0. The molecular formula is C20H28N4O3S. The number of nitrogens with zero attached hydrogens (tertiary/aromatic N) is 3. The summed E-state index contributed by atoms with van der Waals surface area (Å²) >= 11 is 1.42. The van der Waals surface area contributed by atoms with Crippen LogP contribution in [0.4, 0.5) is 0 Å². The molecule has 0 unspecified atom stereocenters. The fourth-order valence-electron chi connectivity index (χ4n) is 3.38. The van der Waals surface area contributed by atoms with Crippen LogP contribution in [-0.4, -0.2) is 39.6 Å². The summed E-state index contributed by atoms with van der Waals surface area (Å²) in [4.78, 5) is 12.2. The van der Waals surface area contributed by atoms with Gasteiger partial charge in [0.15, 0.2) is 22.5 Å². The van der Waals surface area contributed by atoms with E-state index in [-0.39, 0.29) is 12.5 Å². The van der Waals surface area contributed by atoms with E-state index in [0.29, 0.717) is 29.8 Å². The van der Waals surface area contributed by atoms with Gasteiger partial charge in [0.05, 0.1) is 12.9 Å².